The maximum absolute atomic E-state index is 12.8. The van der Waals surface area contributed by atoms with E-state index in [2.05, 4.69) is 14.9 Å². The summed E-state index contributed by atoms with van der Waals surface area (Å²) in [6.07, 6.45) is 3.57. The molecular formula is C36H39N5O5. The fourth-order valence-electron chi connectivity index (χ4n) is 5.00. The van der Waals surface area contributed by atoms with Crippen molar-refractivity contribution in [2.45, 2.75) is 6.54 Å². The number of nitrogens with two attached hydrogens (primary N) is 1. The predicted molar refractivity (Wildman–Crippen MR) is 178 cm³/mol. The number of benzene rings is 3. The molecule has 1 amide bonds. The van der Waals surface area contributed by atoms with Gasteiger partial charge in [0.25, 0.3) is 5.91 Å². The molecule has 2 heterocycles. The molecule has 0 radical (unpaired) electrons. The van der Waals surface area contributed by atoms with Crippen molar-refractivity contribution in [2.75, 3.05) is 53.7 Å². The first kappa shape index (κ1) is 32.4. The van der Waals surface area contributed by atoms with Crippen LogP contribution in [-0.4, -0.2) is 74.2 Å². The van der Waals surface area contributed by atoms with Crippen LogP contribution in [0, 0.1) is 0 Å². The molecule has 10 heteroatoms. The van der Waals surface area contributed by atoms with Crippen molar-refractivity contribution in [3.8, 4) is 45.4 Å². The molecule has 0 fully saturated rings. The van der Waals surface area contributed by atoms with E-state index in [9.17, 15) is 4.79 Å². The third kappa shape index (κ3) is 8.16. The second-order valence-electron chi connectivity index (χ2n) is 10.4. The smallest absolute Gasteiger partial charge is 0.251 e. The molecule has 0 bridgehead atoms. The van der Waals surface area contributed by atoms with Crippen molar-refractivity contribution in [3.05, 3.63) is 108 Å². The van der Waals surface area contributed by atoms with Gasteiger partial charge in [0.1, 0.15) is 17.3 Å². The fraction of sp³-hybridized carbons (Fsp3) is 0.250. The molecule has 0 aliphatic rings. The molecule has 3 N–H and O–H groups in total. The lowest BCUT2D eigenvalue weighted by molar-refractivity contribution is 0.0511. The van der Waals surface area contributed by atoms with E-state index in [0.29, 0.717) is 51.6 Å². The number of ether oxygens (including phenoxy) is 4. The molecule has 2 aromatic heterocycles. The zero-order valence-electron chi connectivity index (χ0n) is 26.1. The summed E-state index contributed by atoms with van der Waals surface area (Å²) in [6, 6.07) is 27.4. The maximum atomic E-state index is 12.8. The van der Waals surface area contributed by atoms with E-state index in [-0.39, 0.29) is 5.91 Å². The number of carbonyl (C=O) groups is 1. The Bertz CT molecular complexity index is 1670. The molecule has 0 aliphatic carbocycles. The summed E-state index contributed by atoms with van der Waals surface area (Å²) < 4.78 is 23.8. The Morgan fingerprint density at radius 1 is 0.783 bits per heavy atom. The van der Waals surface area contributed by atoms with Crippen LogP contribution in [0.1, 0.15) is 15.9 Å². The van der Waals surface area contributed by atoms with E-state index in [1.54, 1.807) is 20.4 Å². The maximum Gasteiger partial charge on any atom is 0.251 e. The first-order valence-corrected chi connectivity index (χ1v) is 15.1. The van der Waals surface area contributed by atoms with E-state index in [1.807, 2.05) is 91.1 Å². The number of hydrogen-bond donors (Lipinski definition) is 2. The highest BCUT2D eigenvalue weighted by molar-refractivity contribution is 5.94. The lowest BCUT2D eigenvalue weighted by Crippen LogP contribution is -2.27. The Hall–Kier alpha value is -5.03. The van der Waals surface area contributed by atoms with E-state index in [0.717, 1.165) is 51.0 Å². The molecule has 238 valence electrons. The van der Waals surface area contributed by atoms with Gasteiger partial charge >= 0.3 is 0 Å². The predicted octanol–water partition coefficient (Wildman–Crippen LogP) is 5.07. The van der Waals surface area contributed by atoms with Crippen molar-refractivity contribution >= 4 is 5.91 Å². The molecule has 10 nitrogen and oxygen atoms in total. The number of hydrogen-bond acceptors (Lipinski definition) is 8. The van der Waals surface area contributed by atoms with Crippen LogP contribution in [0.3, 0.4) is 0 Å². The number of pyridine rings is 1. The van der Waals surface area contributed by atoms with Gasteiger partial charge in [-0.1, -0.05) is 12.1 Å². The number of aromatic nitrogens is 3. The monoisotopic (exact) mass is 621 g/mol. The first-order chi connectivity index (χ1) is 22.6. The number of imidazole rings is 1. The normalized spacial score (nSPS) is 10.9. The van der Waals surface area contributed by atoms with Crippen LogP contribution in [0.5, 0.6) is 11.5 Å². The summed E-state index contributed by atoms with van der Waals surface area (Å²) in [5.74, 6) is 2.16. The van der Waals surface area contributed by atoms with Gasteiger partial charge in [-0.3, -0.25) is 9.78 Å². The van der Waals surface area contributed by atoms with Crippen molar-refractivity contribution < 1.29 is 23.7 Å². The fourth-order valence-corrected chi connectivity index (χ4v) is 5.00. The lowest BCUT2D eigenvalue weighted by atomic mass is 10.0. The number of carbonyl (C=O) groups excluding carboxylic acids is 1. The molecule has 0 saturated heterocycles. The highest BCUT2D eigenvalue weighted by Gasteiger charge is 2.22. The molecule has 0 unspecified atom stereocenters. The topological polar surface area (TPSA) is 123 Å². The van der Waals surface area contributed by atoms with Crippen molar-refractivity contribution in [1.29, 1.82) is 0 Å². The summed E-state index contributed by atoms with van der Waals surface area (Å²) in [4.78, 5) is 22.3. The lowest BCUT2D eigenvalue weighted by Gasteiger charge is -2.15. The van der Waals surface area contributed by atoms with E-state index in [1.165, 1.54) is 0 Å². The van der Waals surface area contributed by atoms with Crippen LogP contribution in [0.2, 0.25) is 0 Å². The van der Waals surface area contributed by atoms with Crippen LogP contribution in [0.4, 0.5) is 0 Å². The third-order valence-corrected chi connectivity index (χ3v) is 7.34. The molecule has 0 saturated carbocycles. The molecular weight excluding hydrogens is 582 g/mol. The molecule has 0 aliphatic heterocycles. The van der Waals surface area contributed by atoms with Gasteiger partial charge in [-0.2, -0.15) is 0 Å². The number of rotatable bonds is 16. The van der Waals surface area contributed by atoms with E-state index < -0.39 is 0 Å². The average molecular weight is 622 g/mol. The van der Waals surface area contributed by atoms with Gasteiger partial charge in [0.15, 0.2) is 0 Å². The molecule has 5 aromatic rings. The third-order valence-electron chi connectivity index (χ3n) is 7.34. The Labute approximate surface area is 269 Å². The number of methoxy groups -OCH3 is 2. The second kappa shape index (κ2) is 16.3. The SMILES string of the molecule is COc1ccc(-c2nc(-c3cccnc3)n(Cc3ccc(C(=O)NCCOCCOCCN)cc3)c2-c2ccc(OC)cc2)cc1. The minimum atomic E-state index is -0.158. The van der Waals surface area contributed by atoms with Gasteiger partial charge in [0.05, 0.1) is 52.0 Å². The van der Waals surface area contributed by atoms with Gasteiger partial charge in [0, 0.05) is 54.3 Å². The minimum Gasteiger partial charge on any atom is -0.497 e. The second-order valence-corrected chi connectivity index (χ2v) is 10.4. The van der Waals surface area contributed by atoms with Crippen LogP contribution in [-0.2, 0) is 16.0 Å². The van der Waals surface area contributed by atoms with Gasteiger partial charge in [0.2, 0.25) is 0 Å². The molecule has 0 spiro atoms. The Kier molecular flexibility index (Phi) is 11.5. The summed E-state index contributed by atoms with van der Waals surface area (Å²) in [5.41, 5.74) is 11.6. The van der Waals surface area contributed by atoms with Gasteiger partial charge < -0.3 is 34.6 Å². The summed E-state index contributed by atoms with van der Waals surface area (Å²) >= 11 is 0. The average Bonchev–Trinajstić information content (AvgIpc) is 3.48. The molecule has 0 atom stereocenters. The van der Waals surface area contributed by atoms with Crippen LogP contribution < -0.4 is 20.5 Å². The minimum absolute atomic E-state index is 0.158. The number of nitrogens with one attached hydrogen (secondary N) is 1. The molecule has 5 rings (SSSR count). The summed E-state index contributed by atoms with van der Waals surface area (Å²) in [6.45, 7) is 3.24. The number of amides is 1. The van der Waals surface area contributed by atoms with Gasteiger partial charge in [-0.25, -0.2) is 4.98 Å². The number of nitrogens with zero attached hydrogens (tertiary/aromatic N) is 3. The van der Waals surface area contributed by atoms with E-state index in [4.69, 9.17) is 29.7 Å². The van der Waals surface area contributed by atoms with Gasteiger partial charge in [-0.05, 0) is 78.4 Å². The summed E-state index contributed by atoms with van der Waals surface area (Å²) in [5, 5.41) is 2.90. The molecule has 46 heavy (non-hydrogen) atoms. The highest BCUT2D eigenvalue weighted by Crippen LogP contribution is 2.38. The standard InChI is InChI=1S/C36H39N5O5/c1-43-31-13-9-27(10-14-31)33-34(28-11-15-32(44-2)16-12-28)41(35(40-33)30-4-3-18-38-24-30)25-26-5-7-29(8-6-26)36(42)39-19-21-46-23-22-45-20-17-37/h3-16,18,24H,17,19-23,25,37H2,1-2H3,(H,39,42). The van der Waals surface area contributed by atoms with Gasteiger partial charge in [-0.15, -0.1) is 0 Å². The largest absolute Gasteiger partial charge is 0.497 e. The molecule has 3 aromatic carbocycles. The van der Waals surface area contributed by atoms with Crippen LogP contribution in [0.15, 0.2) is 97.3 Å². The van der Waals surface area contributed by atoms with E-state index >= 15 is 0 Å². The van der Waals surface area contributed by atoms with Crippen LogP contribution >= 0.6 is 0 Å². The quantitative estimate of drug-likeness (QED) is 0.147. The summed E-state index contributed by atoms with van der Waals surface area (Å²) in [7, 11) is 3.31. The van der Waals surface area contributed by atoms with Crippen LogP contribution in [0.25, 0.3) is 33.9 Å². The Morgan fingerprint density at radius 2 is 1.43 bits per heavy atom. The van der Waals surface area contributed by atoms with Crippen molar-refractivity contribution in [1.82, 2.24) is 19.9 Å². The van der Waals surface area contributed by atoms with Crippen molar-refractivity contribution in [3.63, 3.8) is 0 Å². The highest BCUT2D eigenvalue weighted by atomic mass is 16.5. The first-order valence-electron chi connectivity index (χ1n) is 15.1. The Balaban J connectivity index is 1.43. The zero-order valence-corrected chi connectivity index (χ0v) is 26.1. The zero-order chi connectivity index (χ0) is 32.1. The Morgan fingerprint density at radius 3 is 2.04 bits per heavy atom. The van der Waals surface area contributed by atoms with Crippen molar-refractivity contribution in [2.24, 2.45) is 5.73 Å².